The minimum absolute atomic E-state index is 0.148. The quantitative estimate of drug-likeness (QED) is 0.822. The SMILES string of the molecule is O=C(C1COc2ccc(Cl)cc2C1)N1CCN(c2ncccn2)CC1. The number of amides is 1. The third-order valence-corrected chi connectivity index (χ3v) is 4.94. The Kier molecular flexibility index (Phi) is 4.44. The summed E-state index contributed by atoms with van der Waals surface area (Å²) in [7, 11) is 0. The van der Waals surface area contributed by atoms with Gasteiger partial charge in [0.2, 0.25) is 11.9 Å². The number of hydrogen-bond donors (Lipinski definition) is 0. The monoisotopic (exact) mass is 358 g/mol. The van der Waals surface area contributed by atoms with Crippen molar-refractivity contribution in [2.75, 3.05) is 37.7 Å². The van der Waals surface area contributed by atoms with Crippen LogP contribution in [0.5, 0.6) is 5.75 Å². The molecule has 0 bridgehead atoms. The lowest BCUT2D eigenvalue weighted by Crippen LogP contribution is -2.52. The lowest BCUT2D eigenvalue weighted by molar-refractivity contribution is -0.137. The average Bonchev–Trinajstić information content (AvgIpc) is 2.67. The summed E-state index contributed by atoms with van der Waals surface area (Å²) in [6.07, 6.45) is 4.15. The van der Waals surface area contributed by atoms with Crippen LogP contribution in [0.1, 0.15) is 5.56 Å². The first kappa shape index (κ1) is 16.1. The molecule has 1 saturated heterocycles. The van der Waals surface area contributed by atoms with Gasteiger partial charge < -0.3 is 14.5 Å². The fraction of sp³-hybridized carbons (Fsp3) is 0.389. The van der Waals surface area contributed by atoms with Gasteiger partial charge in [0.15, 0.2) is 0 Å². The smallest absolute Gasteiger partial charge is 0.229 e. The van der Waals surface area contributed by atoms with Crippen molar-refractivity contribution in [3.05, 3.63) is 47.2 Å². The highest BCUT2D eigenvalue weighted by atomic mass is 35.5. The molecule has 6 nitrogen and oxygen atoms in total. The maximum atomic E-state index is 12.9. The van der Waals surface area contributed by atoms with E-state index in [1.54, 1.807) is 18.5 Å². The number of aromatic nitrogens is 2. The summed E-state index contributed by atoms with van der Waals surface area (Å²) >= 11 is 6.06. The van der Waals surface area contributed by atoms with Crippen LogP contribution in [-0.2, 0) is 11.2 Å². The highest BCUT2D eigenvalue weighted by Crippen LogP contribution is 2.30. The fourth-order valence-corrected chi connectivity index (χ4v) is 3.56. The predicted molar refractivity (Wildman–Crippen MR) is 95.0 cm³/mol. The lowest BCUT2D eigenvalue weighted by atomic mass is 9.95. The first-order chi connectivity index (χ1) is 12.2. The lowest BCUT2D eigenvalue weighted by Gasteiger charge is -2.37. The van der Waals surface area contributed by atoms with Crippen LogP contribution in [-0.4, -0.2) is 53.6 Å². The largest absolute Gasteiger partial charge is 0.492 e. The molecule has 130 valence electrons. The Bertz CT molecular complexity index is 763. The van der Waals surface area contributed by atoms with Gasteiger partial charge in [-0.25, -0.2) is 9.97 Å². The van der Waals surface area contributed by atoms with E-state index in [1.807, 2.05) is 23.1 Å². The average molecular weight is 359 g/mol. The minimum Gasteiger partial charge on any atom is -0.492 e. The number of nitrogens with zero attached hydrogens (tertiary/aromatic N) is 4. The van der Waals surface area contributed by atoms with Gasteiger partial charge in [-0.15, -0.1) is 0 Å². The van der Waals surface area contributed by atoms with E-state index in [0.29, 0.717) is 31.1 Å². The zero-order valence-electron chi connectivity index (χ0n) is 13.8. The van der Waals surface area contributed by atoms with E-state index in [0.717, 1.165) is 30.4 Å². The number of fused-ring (bicyclic) bond motifs is 1. The number of anilines is 1. The Morgan fingerprint density at radius 2 is 1.92 bits per heavy atom. The summed E-state index contributed by atoms with van der Waals surface area (Å²) in [5, 5.41) is 0.673. The van der Waals surface area contributed by atoms with E-state index < -0.39 is 0 Å². The van der Waals surface area contributed by atoms with E-state index >= 15 is 0 Å². The van der Waals surface area contributed by atoms with Gasteiger partial charge in [-0.3, -0.25) is 4.79 Å². The van der Waals surface area contributed by atoms with Crippen molar-refractivity contribution < 1.29 is 9.53 Å². The third-order valence-electron chi connectivity index (χ3n) is 4.70. The molecular weight excluding hydrogens is 340 g/mol. The number of hydrogen-bond acceptors (Lipinski definition) is 5. The third kappa shape index (κ3) is 3.39. The number of ether oxygens (including phenoxy) is 1. The van der Waals surface area contributed by atoms with Gasteiger partial charge in [0.05, 0.1) is 5.92 Å². The van der Waals surface area contributed by atoms with Crippen LogP contribution in [0.4, 0.5) is 5.95 Å². The molecule has 2 aliphatic rings. The zero-order chi connectivity index (χ0) is 17.2. The van der Waals surface area contributed by atoms with Crippen molar-refractivity contribution in [2.45, 2.75) is 6.42 Å². The molecule has 0 saturated carbocycles. The van der Waals surface area contributed by atoms with Crippen LogP contribution >= 0.6 is 11.6 Å². The summed E-state index contributed by atoms with van der Waals surface area (Å²) in [5.41, 5.74) is 1.01. The summed E-state index contributed by atoms with van der Waals surface area (Å²) < 4.78 is 5.76. The molecule has 0 aliphatic carbocycles. The number of piperazine rings is 1. The molecule has 1 aromatic heterocycles. The van der Waals surface area contributed by atoms with Crippen LogP contribution in [0.25, 0.3) is 0 Å². The van der Waals surface area contributed by atoms with E-state index in [-0.39, 0.29) is 11.8 Å². The van der Waals surface area contributed by atoms with Crippen LogP contribution in [0, 0.1) is 5.92 Å². The van der Waals surface area contributed by atoms with Crippen molar-refractivity contribution in [1.29, 1.82) is 0 Å². The molecule has 1 fully saturated rings. The fourth-order valence-electron chi connectivity index (χ4n) is 3.36. The van der Waals surface area contributed by atoms with E-state index in [9.17, 15) is 4.79 Å². The second-order valence-corrected chi connectivity index (χ2v) is 6.76. The van der Waals surface area contributed by atoms with Gasteiger partial charge >= 0.3 is 0 Å². The molecular formula is C18H19ClN4O2. The summed E-state index contributed by atoms with van der Waals surface area (Å²) in [6, 6.07) is 7.38. The molecule has 3 heterocycles. The van der Waals surface area contributed by atoms with E-state index in [2.05, 4.69) is 14.9 Å². The van der Waals surface area contributed by atoms with Crippen molar-refractivity contribution in [3.63, 3.8) is 0 Å². The summed E-state index contributed by atoms with van der Waals surface area (Å²) in [6.45, 7) is 3.26. The molecule has 1 atom stereocenters. The first-order valence-corrected chi connectivity index (χ1v) is 8.80. The Hall–Kier alpha value is -2.34. The highest BCUT2D eigenvalue weighted by molar-refractivity contribution is 6.30. The van der Waals surface area contributed by atoms with E-state index in [4.69, 9.17) is 16.3 Å². The molecule has 1 aromatic carbocycles. The molecule has 2 aromatic rings. The Morgan fingerprint density at radius 1 is 1.16 bits per heavy atom. The second kappa shape index (κ2) is 6.88. The van der Waals surface area contributed by atoms with Crippen molar-refractivity contribution in [1.82, 2.24) is 14.9 Å². The molecule has 1 unspecified atom stereocenters. The topological polar surface area (TPSA) is 58.6 Å². The molecule has 0 radical (unpaired) electrons. The van der Waals surface area contributed by atoms with Crippen LogP contribution < -0.4 is 9.64 Å². The Labute approximate surface area is 151 Å². The van der Waals surface area contributed by atoms with Gasteiger partial charge in [-0.1, -0.05) is 11.6 Å². The number of carbonyl (C=O) groups is 1. The molecule has 25 heavy (non-hydrogen) atoms. The van der Waals surface area contributed by atoms with Gasteiger partial charge in [0.1, 0.15) is 12.4 Å². The molecule has 1 amide bonds. The number of halogens is 1. The Balaban J connectivity index is 1.38. The van der Waals surface area contributed by atoms with Crippen molar-refractivity contribution in [3.8, 4) is 5.75 Å². The zero-order valence-corrected chi connectivity index (χ0v) is 14.5. The first-order valence-electron chi connectivity index (χ1n) is 8.43. The van der Waals surface area contributed by atoms with Gasteiger partial charge in [-0.2, -0.15) is 0 Å². The predicted octanol–water partition coefficient (Wildman–Crippen LogP) is 2.03. The van der Waals surface area contributed by atoms with Crippen molar-refractivity contribution >= 4 is 23.5 Å². The maximum absolute atomic E-state index is 12.9. The highest BCUT2D eigenvalue weighted by Gasteiger charge is 2.31. The van der Waals surface area contributed by atoms with Crippen LogP contribution in [0.15, 0.2) is 36.7 Å². The minimum atomic E-state index is -0.148. The second-order valence-electron chi connectivity index (χ2n) is 6.33. The molecule has 4 rings (SSSR count). The van der Waals surface area contributed by atoms with Gasteiger partial charge in [0.25, 0.3) is 0 Å². The van der Waals surface area contributed by atoms with Gasteiger partial charge in [0, 0.05) is 43.6 Å². The normalized spacial score (nSPS) is 20.0. The number of carbonyl (C=O) groups excluding carboxylic acids is 1. The molecule has 2 aliphatic heterocycles. The van der Waals surface area contributed by atoms with E-state index in [1.165, 1.54) is 0 Å². The standard InChI is InChI=1S/C18H19ClN4O2/c19-15-2-3-16-13(11-15)10-14(12-25-16)17(24)22-6-8-23(9-7-22)18-20-4-1-5-21-18/h1-5,11,14H,6-10,12H2. The summed E-state index contributed by atoms with van der Waals surface area (Å²) in [4.78, 5) is 25.4. The number of rotatable bonds is 2. The number of benzene rings is 1. The molecule has 7 heteroatoms. The summed E-state index contributed by atoms with van der Waals surface area (Å²) in [5.74, 6) is 1.56. The molecule has 0 spiro atoms. The van der Waals surface area contributed by atoms with Crippen LogP contribution in [0.2, 0.25) is 5.02 Å². The van der Waals surface area contributed by atoms with Crippen LogP contribution in [0.3, 0.4) is 0 Å². The maximum Gasteiger partial charge on any atom is 0.229 e. The molecule has 0 N–H and O–H groups in total. The van der Waals surface area contributed by atoms with Crippen molar-refractivity contribution in [2.24, 2.45) is 5.92 Å². The van der Waals surface area contributed by atoms with Gasteiger partial charge in [-0.05, 0) is 36.2 Å². The Morgan fingerprint density at radius 3 is 2.68 bits per heavy atom.